The number of hydrogen-bond donors (Lipinski definition) is 1. The Hall–Kier alpha value is -2.79. The average molecular weight is 365 g/mol. The highest BCUT2D eigenvalue weighted by molar-refractivity contribution is 6.36. The topological polar surface area (TPSA) is 62.5 Å². The third-order valence-corrected chi connectivity index (χ3v) is 3.86. The summed E-state index contributed by atoms with van der Waals surface area (Å²) in [5.41, 5.74) is -3.36. The van der Waals surface area contributed by atoms with Crippen molar-refractivity contribution in [3.05, 3.63) is 69.4 Å². The van der Waals surface area contributed by atoms with Gasteiger partial charge in [0.05, 0.1) is 20.0 Å². The van der Waals surface area contributed by atoms with E-state index < -0.39 is 70.3 Å². The summed E-state index contributed by atoms with van der Waals surface area (Å²) in [4.78, 5) is 27.3. The number of fused-ring (bicyclic) bond motifs is 1. The monoisotopic (exact) mass is 364 g/mol. The number of amides is 1. The molecule has 0 aliphatic carbocycles. The van der Waals surface area contributed by atoms with Crippen molar-refractivity contribution in [1.29, 1.82) is 0 Å². The van der Waals surface area contributed by atoms with E-state index in [9.17, 15) is 14.7 Å². The van der Waals surface area contributed by atoms with Crippen LogP contribution in [0.2, 0.25) is 5.02 Å². The van der Waals surface area contributed by atoms with E-state index in [0.717, 1.165) is 6.92 Å². The number of hydrogen-bond acceptors (Lipinski definition) is 3. The fraction of sp³-hybridized carbons (Fsp3) is 0.158. The third kappa shape index (κ3) is 2.76. The summed E-state index contributed by atoms with van der Waals surface area (Å²) in [5.74, 6) is -2.47. The quantitative estimate of drug-likeness (QED) is 0.772. The zero-order chi connectivity index (χ0) is 25.0. The number of aromatic hydroxyl groups is 1. The molecule has 1 heterocycles. The van der Waals surface area contributed by atoms with E-state index >= 15 is 0 Å². The minimum atomic E-state index is -3.27. The predicted molar refractivity (Wildman–Crippen MR) is 99.7 cm³/mol. The molecule has 5 nitrogen and oxygen atoms in total. The van der Waals surface area contributed by atoms with Crippen molar-refractivity contribution < 1.29 is 20.9 Å². The first-order chi connectivity index (χ1) is 15.1. The molecular formula is C19H17ClN2O3. The van der Waals surface area contributed by atoms with E-state index in [-0.39, 0.29) is 10.3 Å². The van der Waals surface area contributed by atoms with Gasteiger partial charge in [-0.1, -0.05) is 35.8 Å². The number of pyridine rings is 1. The summed E-state index contributed by atoms with van der Waals surface area (Å²) >= 11 is 6.10. The summed E-state index contributed by atoms with van der Waals surface area (Å²) in [6.45, 7) is -4.63. The molecule has 1 amide bonds. The number of aryl methyl sites for hydroxylation is 1. The Morgan fingerprint density at radius 3 is 2.76 bits per heavy atom. The molecule has 3 aromatic rings. The van der Waals surface area contributed by atoms with Crippen molar-refractivity contribution in [2.24, 2.45) is 6.98 Å². The first-order valence-electron chi connectivity index (χ1n) is 11.1. The minimum absolute atomic E-state index is 0.0179. The molecule has 1 N–H and O–H groups in total. The molecule has 25 heavy (non-hydrogen) atoms. The van der Waals surface area contributed by atoms with E-state index in [1.807, 2.05) is 0 Å². The molecule has 0 fully saturated rings. The lowest BCUT2D eigenvalue weighted by Gasteiger charge is -2.22. The highest BCUT2D eigenvalue weighted by Gasteiger charge is 2.26. The normalized spacial score (nSPS) is 16.6. The van der Waals surface area contributed by atoms with Crippen LogP contribution < -0.4 is 10.5 Å². The molecule has 6 heteroatoms. The number of rotatable bonds is 3. The maximum atomic E-state index is 13.5. The van der Waals surface area contributed by atoms with Crippen LogP contribution in [0.15, 0.2) is 53.3 Å². The molecule has 0 aliphatic heterocycles. The Balaban J connectivity index is 2.54. The minimum Gasteiger partial charge on any atom is -0.506 e. The molecule has 0 bridgehead atoms. The zero-order valence-electron chi connectivity index (χ0n) is 20.9. The van der Waals surface area contributed by atoms with E-state index in [0.29, 0.717) is 4.90 Å². The molecule has 0 unspecified atom stereocenters. The lowest BCUT2D eigenvalue weighted by Crippen LogP contribution is -2.36. The number of aromatic nitrogens is 1. The predicted octanol–water partition coefficient (Wildman–Crippen LogP) is 3.56. The van der Waals surface area contributed by atoms with Crippen LogP contribution in [0.1, 0.15) is 28.2 Å². The number of anilines is 1. The van der Waals surface area contributed by atoms with Crippen LogP contribution in [0.4, 0.5) is 5.69 Å². The largest absolute Gasteiger partial charge is 0.506 e. The smallest absolute Gasteiger partial charge is 0.267 e. The highest BCUT2D eigenvalue weighted by atomic mass is 35.5. The highest BCUT2D eigenvalue weighted by Crippen LogP contribution is 2.33. The van der Waals surface area contributed by atoms with Gasteiger partial charge in [-0.15, -0.1) is 0 Å². The van der Waals surface area contributed by atoms with Crippen LogP contribution >= 0.6 is 11.6 Å². The molecule has 3 rings (SSSR count). The third-order valence-electron chi connectivity index (χ3n) is 3.58. The van der Waals surface area contributed by atoms with Crippen LogP contribution in [0.25, 0.3) is 10.9 Å². The zero-order valence-corrected chi connectivity index (χ0v) is 13.7. The molecule has 0 saturated heterocycles. The first kappa shape index (κ1) is 9.63. The maximum Gasteiger partial charge on any atom is 0.267 e. The lowest BCUT2D eigenvalue weighted by atomic mass is 10.1. The van der Waals surface area contributed by atoms with E-state index in [4.69, 9.17) is 22.6 Å². The first-order valence-corrected chi connectivity index (χ1v) is 7.45. The van der Waals surface area contributed by atoms with Crippen LogP contribution in [0, 0.1) is 0 Å². The summed E-state index contributed by atoms with van der Waals surface area (Å²) in [6.07, 6.45) is 0. The van der Waals surface area contributed by atoms with Crippen LogP contribution in [-0.2, 0) is 6.98 Å². The van der Waals surface area contributed by atoms with Crippen molar-refractivity contribution in [3.63, 3.8) is 0 Å². The molecule has 0 saturated carbocycles. The maximum absolute atomic E-state index is 13.5. The number of halogens is 1. The van der Waals surface area contributed by atoms with Crippen molar-refractivity contribution in [1.82, 2.24) is 4.57 Å². The fourth-order valence-corrected chi connectivity index (χ4v) is 2.65. The Bertz CT molecular complexity index is 1330. The molecule has 2 aromatic carbocycles. The van der Waals surface area contributed by atoms with Gasteiger partial charge in [0.15, 0.2) is 0 Å². The summed E-state index contributed by atoms with van der Waals surface area (Å²) in [7, 11) is 0. The Morgan fingerprint density at radius 1 is 1.40 bits per heavy atom. The lowest BCUT2D eigenvalue weighted by molar-refractivity contribution is 0.0984. The average Bonchev–Trinajstić information content (AvgIpc) is 2.69. The van der Waals surface area contributed by atoms with Gasteiger partial charge in [-0.3, -0.25) is 9.59 Å². The molecular weight excluding hydrogens is 340 g/mol. The molecule has 0 aliphatic rings. The molecule has 0 atom stereocenters. The van der Waals surface area contributed by atoms with E-state index in [1.165, 1.54) is 24.3 Å². The van der Waals surface area contributed by atoms with Gasteiger partial charge >= 0.3 is 0 Å². The van der Waals surface area contributed by atoms with Gasteiger partial charge in [0.2, 0.25) is 0 Å². The van der Waals surface area contributed by atoms with E-state index in [1.54, 1.807) is 6.07 Å². The molecule has 1 aromatic heterocycles. The number of para-hydroxylation sites is 1. The Morgan fingerprint density at radius 2 is 2.12 bits per heavy atom. The van der Waals surface area contributed by atoms with E-state index in [2.05, 4.69) is 0 Å². The van der Waals surface area contributed by atoms with Crippen molar-refractivity contribution in [2.75, 3.05) is 11.4 Å². The number of carbonyl (C=O) groups excluding carboxylic acids is 1. The van der Waals surface area contributed by atoms with Crippen molar-refractivity contribution in [3.8, 4) is 5.75 Å². The standard InChI is InChI=1S/C19H17ClN2O3/c1-3-22(12-8-5-4-6-9-12)19(25)16-17(23)15-13(20)10-7-11-14(15)21(2)18(16)24/h4-11,23H,3H2,1-2H3/i2D3,3D2,7D,10D,11D. The van der Waals surface area contributed by atoms with Crippen molar-refractivity contribution in [2.45, 2.75) is 6.92 Å². The molecule has 0 spiro atoms. The number of nitrogens with zero attached hydrogens (tertiary/aromatic N) is 2. The summed E-state index contributed by atoms with van der Waals surface area (Å²) in [6, 6.07) is 5.03. The Labute approximate surface area is 160 Å². The second-order valence-electron chi connectivity index (χ2n) is 4.98. The van der Waals surface area contributed by atoms with Gasteiger partial charge in [0.25, 0.3) is 11.5 Å². The summed E-state index contributed by atoms with van der Waals surface area (Å²) < 4.78 is 63.4. The fourth-order valence-electron chi connectivity index (χ4n) is 2.43. The second kappa shape index (κ2) is 6.61. The van der Waals surface area contributed by atoms with Gasteiger partial charge < -0.3 is 14.6 Å². The van der Waals surface area contributed by atoms with Gasteiger partial charge in [-0.25, -0.2) is 0 Å². The van der Waals surface area contributed by atoms with Crippen LogP contribution in [0.3, 0.4) is 0 Å². The van der Waals surface area contributed by atoms with Gasteiger partial charge in [0.1, 0.15) is 11.3 Å². The van der Waals surface area contributed by atoms with Gasteiger partial charge in [0, 0.05) is 26.0 Å². The van der Waals surface area contributed by atoms with Gasteiger partial charge in [-0.2, -0.15) is 0 Å². The molecule has 0 radical (unpaired) electrons. The summed E-state index contributed by atoms with van der Waals surface area (Å²) in [5, 5.41) is 9.61. The second-order valence-corrected chi connectivity index (χ2v) is 5.35. The van der Waals surface area contributed by atoms with Crippen LogP contribution in [-0.4, -0.2) is 22.1 Å². The number of carbonyl (C=O) groups is 1. The Kier molecular flexibility index (Phi) is 2.55. The molecule has 128 valence electrons. The van der Waals surface area contributed by atoms with Crippen molar-refractivity contribution >= 4 is 34.1 Å². The van der Waals surface area contributed by atoms with Gasteiger partial charge in [-0.05, 0) is 31.1 Å². The SMILES string of the molecule is [2H]c1c([2H])c([2H])c2c(c(O)c(C(=O)N(c3ccccc3)C([2H])([2H])C)c(=O)n2C([2H])([2H])[2H])c1Cl. The number of benzene rings is 2. The van der Waals surface area contributed by atoms with Crippen LogP contribution in [0.5, 0.6) is 5.75 Å².